The molecule has 0 amide bonds. The molecule has 6 heteroatoms. The number of aryl methyl sites for hydroxylation is 3. The van der Waals surface area contributed by atoms with E-state index < -0.39 is 0 Å². The van der Waals surface area contributed by atoms with Crippen LogP contribution in [-0.2, 0) is 24.8 Å². The molecule has 2 heterocycles. The smallest absolute Gasteiger partial charge is 0.202 e. The molecule has 0 aliphatic carbocycles. The zero-order valence-electron chi connectivity index (χ0n) is 12.9. The molecule has 0 saturated carbocycles. The number of fused-ring (bicyclic) bond motifs is 1. The van der Waals surface area contributed by atoms with Crippen LogP contribution in [0.25, 0.3) is 11.2 Å². The number of hydrogen-bond donors (Lipinski definition) is 1. The molecule has 0 aliphatic rings. The molecule has 0 aliphatic heterocycles. The Bertz CT molecular complexity index is 570. The van der Waals surface area contributed by atoms with Crippen molar-refractivity contribution in [2.75, 3.05) is 12.3 Å². The summed E-state index contributed by atoms with van der Waals surface area (Å²) >= 11 is 0. The summed E-state index contributed by atoms with van der Waals surface area (Å²) in [5.74, 6) is 0.576. The Hall–Kier alpha value is -1.56. The lowest BCUT2D eigenvalue weighted by molar-refractivity contribution is 0.0755. The molecule has 2 aromatic heterocycles. The van der Waals surface area contributed by atoms with E-state index in [0.29, 0.717) is 12.1 Å². The molecule has 0 unspecified atom stereocenters. The predicted octanol–water partition coefficient (Wildman–Crippen LogP) is 2.12. The Morgan fingerprint density at radius 2 is 2.05 bits per heavy atom. The molecule has 0 spiro atoms. The van der Waals surface area contributed by atoms with Crippen molar-refractivity contribution in [3.05, 3.63) is 5.69 Å². The normalized spacial score (nSPS) is 11.8. The lowest BCUT2D eigenvalue weighted by atomic mass is 10.3. The Kier molecular flexibility index (Phi) is 4.65. The van der Waals surface area contributed by atoms with E-state index in [1.165, 1.54) is 0 Å². The molecule has 0 bridgehead atoms. The summed E-state index contributed by atoms with van der Waals surface area (Å²) < 4.78 is 9.48. The molecule has 0 fully saturated rings. The van der Waals surface area contributed by atoms with E-state index in [1.807, 2.05) is 11.7 Å². The van der Waals surface area contributed by atoms with E-state index >= 15 is 0 Å². The molecule has 20 heavy (non-hydrogen) atoms. The standard InChI is InChI=1S/C14H25N5O/c1-5-11-12-13(18(4)17-11)19(14(15)16-12)8-6-7-9-20-10(2)3/h10H,5-9H2,1-4H3,(H2,15,16). The van der Waals surface area contributed by atoms with E-state index in [0.717, 1.165) is 49.3 Å². The third-order valence-corrected chi connectivity index (χ3v) is 3.38. The van der Waals surface area contributed by atoms with E-state index in [2.05, 4.69) is 35.4 Å². The van der Waals surface area contributed by atoms with Crippen molar-refractivity contribution >= 4 is 17.1 Å². The van der Waals surface area contributed by atoms with Gasteiger partial charge >= 0.3 is 0 Å². The Morgan fingerprint density at radius 1 is 1.30 bits per heavy atom. The topological polar surface area (TPSA) is 70.9 Å². The van der Waals surface area contributed by atoms with Crippen molar-refractivity contribution < 1.29 is 4.74 Å². The maximum absolute atomic E-state index is 6.03. The fraction of sp³-hybridized carbons (Fsp3) is 0.714. The van der Waals surface area contributed by atoms with E-state index in [4.69, 9.17) is 10.5 Å². The van der Waals surface area contributed by atoms with Gasteiger partial charge in [-0.1, -0.05) is 6.92 Å². The number of unbranched alkanes of at least 4 members (excludes halogenated alkanes) is 1. The molecule has 0 radical (unpaired) electrons. The number of rotatable bonds is 7. The first kappa shape index (κ1) is 14.8. The molecule has 0 saturated heterocycles. The Labute approximate surface area is 119 Å². The number of nitrogens with zero attached hydrogens (tertiary/aromatic N) is 4. The molecule has 2 aromatic rings. The van der Waals surface area contributed by atoms with Crippen molar-refractivity contribution in [1.82, 2.24) is 19.3 Å². The van der Waals surface area contributed by atoms with Crippen molar-refractivity contribution in [1.29, 1.82) is 0 Å². The number of nitrogen functional groups attached to an aromatic ring is 1. The highest BCUT2D eigenvalue weighted by Gasteiger charge is 2.16. The van der Waals surface area contributed by atoms with Crippen LogP contribution in [-0.4, -0.2) is 32.0 Å². The first-order valence-electron chi connectivity index (χ1n) is 7.33. The molecule has 0 aromatic carbocycles. The van der Waals surface area contributed by atoms with Gasteiger partial charge < -0.3 is 10.5 Å². The van der Waals surface area contributed by atoms with Gasteiger partial charge in [-0.15, -0.1) is 0 Å². The second-order valence-corrected chi connectivity index (χ2v) is 5.34. The molecule has 2 N–H and O–H groups in total. The fourth-order valence-corrected chi connectivity index (χ4v) is 2.41. The Morgan fingerprint density at radius 3 is 2.70 bits per heavy atom. The van der Waals surface area contributed by atoms with E-state index in [1.54, 1.807) is 0 Å². The van der Waals surface area contributed by atoms with Gasteiger partial charge in [-0.3, -0.25) is 9.25 Å². The van der Waals surface area contributed by atoms with Crippen LogP contribution in [0.1, 0.15) is 39.3 Å². The van der Waals surface area contributed by atoms with Crippen LogP contribution < -0.4 is 5.73 Å². The van der Waals surface area contributed by atoms with Crippen LogP contribution in [0.3, 0.4) is 0 Å². The molecule has 0 atom stereocenters. The monoisotopic (exact) mass is 279 g/mol. The average Bonchev–Trinajstić information content (AvgIpc) is 2.87. The highest BCUT2D eigenvalue weighted by atomic mass is 16.5. The van der Waals surface area contributed by atoms with Crippen LogP contribution in [0, 0.1) is 0 Å². The lowest BCUT2D eigenvalue weighted by Crippen LogP contribution is -2.09. The van der Waals surface area contributed by atoms with Crippen LogP contribution in [0.5, 0.6) is 0 Å². The van der Waals surface area contributed by atoms with Crippen molar-refractivity contribution in [3.8, 4) is 0 Å². The number of aromatic nitrogens is 4. The number of nitrogens with two attached hydrogens (primary N) is 1. The zero-order chi connectivity index (χ0) is 14.7. The number of imidazole rings is 1. The number of hydrogen-bond acceptors (Lipinski definition) is 4. The highest BCUT2D eigenvalue weighted by Crippen LogP contribution is 2.21. The first-order valence-corrected chi connectivity index (χ1v) is 7.33. The SMILES string of the molecule is CCc1nn(C)c2c1nc(N)n2CCCCOC(C)C. The van der Waals surface area contributed by atoms with Gasteiger partial charge in [0.15, 0.2) is 5.65 Å². The highest BCUT2D eigenvalue weighted by molar-refractivity contribution is 5.77. The summed E-state index contributed by atoms with van der Waals surface area (Å²) in [6.45, 7) is 7.84. The van der Waals surface area contributed by atoms with Crippen molar-refractivity contribution in [2.24, 2.45) is 7.05 Å². The summed E-state index contributed by atoms with van der Waals surface area (Å²) in [5.41, 5.74) is 9.00. The van der Waals surface area contributed by atoms with Gasteiger partial charge in [0, 0.05) is 20.2 Å². The minimum Gasteiger partial charge on any atom is -0.379 e. The molecular formula is C14H25N5O. The van der Waals surface area contributed by atoms with Crippen LogP contribution in [0.2, 0.25) is 0 Å². The number of anilines is 1. The maximum atomic E-state index is 6.03. The van der Waals surface area contributed by atoms with E-state index in [-0.39, 0.29) is 0 Å². The third-order valence-electron chi connectivity index (χ3n) is 3.38. The van der Waals surface area contributed by atoms with Gasteiger partial charge in [-0.25, -0.2) is 4.98 Å². The molecule has 6 nitrogen and oxygen atoms in total. The lowest BCUT2D eigenvalue weighted by Gasteiger charge is -2.09. The summed E-state index contributed by atoms with van der Waals surface area (Å²) in [6.07, 6.45) is 3.21. The summed E-state index contributed by atoms with van der Waals surface area (Å²) in [6, 6.07) is 0. The van der Waals surface area contributed by atoms with E-state index in [9.17, 15) is 0 Å². The van der Waals surface area contributed by atoms with Crippen molar-refractivity contribution in [2.45, 2.75) is 52.7 Å². The molecule has 112 valence electrons. The summed E-state index contributed by atoms with van der Waals surface area (Å²) in [5, 5.41) is 4.49. The summed E-state index contributed by atoms with van der Waals surface area (Å²) in [4.78, 5) is 4.46. The second kappa shape index (κ2) is 6.26. The summed E-state index contributed by atoms with van der Waals surface area (Å²) in [7, 11) is 1.95. The van der Waals surface area contributed by atoms with Gasteiger partial charge in [-0.2, -0.15) is 5.10 Å². The van der Waals surface area contributed by atoms with Crippen molar-refractivity contribution in [3.63, 3.8) is 0 Å². The minimum absolute atomic E-state index is 0.296. The molecular weight excluding hydrogens is 254 g/mol. The maximum Gasteiger partial charge on any atom is 0.202 e. The predicted molar refractivity (Wildman–Crippen MR) is 80.6 cm³/mol. The fourth-order valence-electron chi connectivity index (χ4n) is 2.41. The first-order chi connectivity index (χ1) is 9.54. The quantitative estimate of drug-likeness (QED) is 0.788. The van der Waals surface area contributed by atoms with Crippen LogP contribution >= 0.6 is 0 Å². The average molecular weight is 279 g/mol. The van der Waals surface area contributed by atoms with Gasteiger partial charge in [0.25, 0.3) is 0 Å². The molecule has 2 rings (SSSR count). The Balaban J connectivity index is 2.06. The van der Waals surface area contributed by atoms with Gasteiger partial charge in [0.05, 0.1) is 11.8 Å². The van der Waals surface area contributed by atoms with Crippen LogP contribution in [0.4, 0.5) is 5.95 Å². The van der Waals surface area contributed by atoms with Crippen LogP contribution in [0.15, 0.2) is 0 Å². The van der Waals surface area contributed by atoms with Gasteiger partial charge in [-0.05, 0) is 33.1 Å². The zero-order valence-corrected chi connectivity index (χ0v) is 12.9. The largest absolute Gasteiger partial charge is 0.379 e. The minimum atomic E-state index is 0.296. The second-order valence-electron chi connectivity index (χ2n) is 5.34. The third kappa shape index (κ3) is 2.95. The van der Waals surface area contributed by atoms with Gasteiger partial charge in [0.1, 0.15) is 5.52 Å². The number of ether oxygens (including phenoxy) is 1. The van der Waals surface area contributed by atoms with Gasteiger partial charge in [0.2, 0.25) is 5.95 Å².